The standard InChI is InChI=1S/C20H16ClN5O.C20H19ClN4O.2C19H16ClFN4O.C18H15Cl2N5O/c21-15-7-6-14(11-22)18(10-15)23-20(27)26-9-8-17-16(12-26)19(25-24-17)13-4-2-1-3-5-13;1-13-5-7-14(8-6-13)19-17-12-25(10-9-18(17)23-24-19)20(26)22-16-4-2-3-15(21)11-16;20-12-4-3-5-13(10-12)22-19(26)25-9-8-17-15(11-25)18(24-23-17)14-6-1-2-7-16(14)21;20-13-6-7-15(21)17(10-13)22-19(26)25-9-8-16-14(11-25)18(24-23-16)12-4-2-1-3-5-12;19-14-8-12(9-21-17(14)20)22-18(26)25-7-6-15-13(10-25)16(24-23-15)11-4-2-1-3-5-11/h1-7,10H,8-9,12H2,(H,23,27)(H,24,25);2-8,11H,9-10,12H2,1H3,(H,22,26)(H,23,24);2*1-7,10H,8-9,11H2,(H,22,26)(H,23,24);1-5,8-9H,6-7,10H2,(H,22,26)(H,23,24). The number of benzene rings is 9. The monoisotopic (exact) mass is 1870 g/mol. The summed E-state index contributed by atoms with van der Waals surface area (Å²) >= 11 is 35.6. The number of aromatic amines is 5. The van der Waals surface area contributed by atoms with Crippen LogP contribution in [0.15, 0.2) is 237 Å². The number of nitriles is 1. The molecule has 0 radical (unpaired) electrons. The molecular formula is C96H82Cl6F2N22O5. The topological polar surface area (TPSA) is 342 Å². The van der Waals surface area contributed by atoms with E-state index in [9.17, 15) is 38.0 Å². The first-order valence-corrected chi connectivity index (χ1v) is 43.9. The molecule has 131 heavy (non-hydrogen) atoms. The van der Waals surface area contributed by atoms with Crippen molar-refractivity contribution in [3.63, 3.8) is 0 Å². The summed E-state index contributed by atoms with van der Waals surface area (Å²) in [5.74, 6) is -0.851. The predicted molar refractivity (Wildman–Crippen MR) is 505 cm³/mol. The maximum atomic E-state index is 14.1. The van der Waals surface area contributed by atoms with E-state index < -0.39 is 5.82 Å². The highest BCUT2D eigenvalue weighted by atomic mass is 35.5. The van der Waals surface area contributed by atoms with Crippen molar-refractivity contribution in [2.24, 2.45) is 0 Å². The molecule has 0 saturated heterocycles. The molecule has 9 aromatic carbocycles. The smallest absolute Gasteiger partial charge is 0.320 e. The highest BCUT2D eigenvalue weighted by molar-refractivity contribution is 6.41. The summed E-state index contributed by atoms with van der Waals surface area (Å²) in [6.07, 6.45) is 4.97. The van der Waals surface area contributed by atoms with E-state index in [0.717, 1.165) is 114 Å². The second-order valence-corrected chi connectivity index (χ2v) is 33.6. The fourth-order valence-corrected chi connectivity index (χ4v) is 16.6. The van der Waals surface area contributed by atoms with Gasteiger partial charge in [-0.3, -0.25) is 25.5 Å². The molecule has 10 amide bonds. The summed E-state index contributed by atoms with van der Waals surface area (Å²) in [5.41, 5.74) is 22.7. The Bertz CT molecular complexity index is 6730. The summed E-state index contributed by atoms with van der Waals surface area (Å²) < 4.78 is 28.0. The summed E-state index contributed by atoms with van der Waals surface area (Å²) in [6.45, 7) is 7.19. The zero-order chi connectivity index (χ0) is 91.2. The van der Waals surface area contributed by atoms with Gasteiger partial charge in [-0.15, -0.1) is 0 Å². The number of aryl methyl sites for hydroxylation is 1. The minimum atomic E-state index is -0.520. The molecule has 20 rings (SSSR count). The van der Waals surface area contributed by atoms with Gasteiger partial charge in [0.15, 0.2) is 0 Å². The predicted octanol–water partition coefficient (Wildman–Crippen LogP) is 22.1. The molecule has 11 heterocycles. The molecule has 662 valence electrons. The van der Waals surface area contributed by atoms with Gasteiger partial charge in [-0.1, -0.05) is 215 Å². The van der Waals surface area contributed by atoms with Gasteiger partial charge < -0.3 is 51.1 Å². The number of pyridine rings is 1. The fraction of sp³-hybridized carbons (Fsp3) is 0.167. The number of urea groups is 5. The van der Waals surface area contributed by atoms with Crippen LogP contribution in [0.4, 0.5) is 61.2 Å². The molecule has 6 aromatic heterocycles. The lowest BCUT2D eigenvalue weighted by atomic mass is 10.0. The normalized spacial score (nSPS) is 13.3. The number of fused-ring (bicyclic) bond motifs is 5. The van der Waals surface area contributed by atoms with Gasteiger partial charge in [-0.05, 0) is 97.9 Å². The molecule has 5 aliphatic heterocycles. The molecule has 10 N–H and O–H groups in total. The molecule has 35 heteroatoms. The number of hydrogen-bond acceptors (Lipinski definition) is 12. The van der Waals surface area contributed by atoms with E-state index in [0.29, 0.717) is 149 Å². The van der Waals surface area contributed by atoms with Crippen LogP contribution in [0.2, 0.25) is 30.3 Å². The van der Waals surface area contributed by atoms with Crippen LogP contribution in [0.25, 0.3) is 56.3 Å². The second kappa shape index (κ2) is 41.4. The van der Waals surface area contributed by atoms with Gasteiger partial charge in [0.2, 0.25) is 0 Å². The van der Waals surface area contributed by atoms with E-state index in [1.165, 1.54) is 36.0 Å². The first kappa shape index (κ1) is 90.0. The van der Waals surface area contributed by atoms with Gasteiger partial charge in [-0.25, -0.2) is 37.7 Å². The van der Waals surface area contributed by atoms with Gasteiger partial charge in [0.1, 0.15) is 28.6 Å². The maximum absolute atomic E-state index is 14.1. The first-order valence-electron chi connectivity index (χ1n) is 41.7. The molecule has 0 saturated carbocycles. The Hall–Kier alpha value is -14.4. The molecule has 0 bridgehead atoms. The van der Waals surface area contributed by atoms with Crippen LogP contribution in [-0.4, -0.2) is 143 Å². The van der Waals surface area contributed by atoms with E-state index in [4.69, 9.17) is 69.6 Å². The van der Waals surface area contributed by atoms with Crippen molar-refractivity contribution in [2.45, 2.75) is 71.8 Å². The number of nitrogens with one attached hydrogen (secondary N) is 10. The lowest BCUT2D eigenvalue weighted by Crippen LogP contribution is -2.39. The van der Waals surface area contributed by atoms with Crippen molar-refractivity contribution in [1.29, 1.82) is 5.26 Å². The van der Waals surface area contributed by atoms with Crippen LogP contribution < -0.4 is 26.6 Å². The van der Waals surface area contributed by atoms with Gasteiger partial charge in [-0.2, -0.15) is 30.8 Å². The van der Waals surface area contributed by atoms with E-state index in [1.54, 1.807) is 103 Å². The molecule has 15 aromatic rings. The summed E-state index contributed by atoms with van der Waals surface area (Å²) in [4.78, 5) is 75.7. The SMILES string of the molecule is Cc1ccc(-c2n[nH]c3c2CN(C(=O)Nc2cccc(Cl)c2)CC3)cc1.N#Cc1ccc(Cl)cc1NC(=O)N1CCc2[nH]nc(-c3ccccc3)c2C1.O=C(Nc1cc(Cl)ccc1F)N1CCc2[nH]nc(-c3ccccc3)c2C1.O=C(Nc1cccc(Cl)c1)N1CCc2[nH]nc(-c3ccccc3F)c2C1.O=C(Nc1cnc(Cl)c(Cl)c1)N1CCc2[nH]nc(-c3ccccc3)c2C1. The third kappa shape index (κ3) is 21.8. The van der Waals surface area contributed by atoms with Crippen molar-refractivity contribution in [3.05, 3.63) is 346 Å². The van der Waals surface area contributed by atoms with Crippen LogP contribution in [0, 0.1) is 29.9 Å². The van der Waals surface area contributed by atoms with Crippen LogP contribution in [-0.2, 0) is 64.8 Å². The molecule has 27 nitrogen and oxygen atoms in total. The van der Waals surface area contributed by atoms with Gasteiger partial charge in [0, 0.05) is 180 Å². The molecule has 0 fully saturated rings. The number of rotatable bonds is 10. The Morgan fingerprint density at radius 2 is 0.695 bits per heavy atom. The first-order chi connectivity index (χ1) is 63.6. The number of carbonyl (C=O) groups is 5. The molecule has 0 unspecified atom stereocenters. The minimum absolute atomic E-state index is 0.0729. The average Bonchev–Trinajstić information content (AvgIpc) is 0.988. The Morgan fingerprint density at radius 1 is 0.351 bits per heavy atom. The number of H-pyrrole nitrogens is 5. The number of nitrogens with zero attached hydrogens (tertiary/aromatic N) is 12. The number of aromatic nitrogens is 11. The third-order valence-electron chi connectivity index (χ3n) is 22.4. The molecule has 5 aliphatic rings. The van der Waals surface area contributed by atoms with Crippen molar-refractivity contribution < 1.29 is 32.8 Å². The number of halogens is 8. The van der Waals surface area contributed by atoms with Crippen LogP contribution >= 0.6 is 69.6 Å². The zero-order valence-corrected chi connectivity index (χ0v) is 74.6. The molecular weight excluding hydrogens is 1790 g/mol. The third-order valence-corrected chi connectivity index (χ3v) is 24.0. The Balaban J connectivity index is 0.000000120. The Morgan fingerprint density at radius 3 is 1.09 bits per heavy atom. The van der Waals surface area contributed by atoms with E-state index >= 15 is 0 Å². The lowest BCUT2D eigenvalue weighted by molar-refractivity contribution is 0.205. The summed E-state index contributed by atoms with van der Waals surface area (Å²) in [6, 6.07) is 69.9. The second-order valence-electron chi connectivity index (χ2n) is 31.0. The quantitative estimate of drug-likeness (QED) is 0.0571. The highest BCUT2D eigenvalue weighted by Crippen LogP contribution is 2.37. The van der Waals surface area contributed by atoms with Crippen molar-refractivity contribution >= 4 is 128 Å². The van der Waals surface area contributed by atoms with E-state index in [1.807, 2.05) is 103 Å². The average molecular weight is 1870 g/mol. The van der Waals surface area contributed by atoms with Gasteiger partial charge >= 0.3 is 30.2 Å². The highest BCUT2D eigenvalue weighted by Gasteiger charge is 2.33. The molecule has 0 spiro atoms. The summed E-state index contributed by atoms with van der Waals surface area (Å²) in [7, 11) is 0. The lowest BCUT2D eigenvalue weighted by Gasteiger charge is -2.27. The van der Waals surface area contributed by atoms with Gasteiger partial charge in [0.25, 0.3) is 0 Å². The summed E-state index contributed by atoms with van der Waals surface area (Å²) in [5, 5.41) is 63.1. The van der Waals surface area contributed by atoms with E-state index in [2.05, 4.69) is 120 Å². The van der Waals surface area contributed by atoms with E-state index in [-0.39, 0.29) is 46.8 Å². The van der Waals surface area contributed by atoms with Crippen LogP contribution in [0.3, 0.4) is 0 Å². The van der Waals surface area contributed by atoms with Crippen molar-refractivity contribution in [3.8, 4) is 62.4 Å². The zero-order valence-electron chi connectivity index (χ0n) is 70.1. The van der Waals surface area contributed by atoms with Crippen molar-refractivity contribution in [1.82, 2.24) is 80.5 Å². The molecule has 0 atom stereocenters. The minimum Gasteiger partial charge on any atom is -0.320 e. The fourth-order valence-electron chi connectivity index (χ4n) is 15.6. The number of amides is 10. The Labute approximate surface area is 780 Å². The maximum Gasteiger partial charge on any atom is 0.322 e. The van der Waals surface area contributed by atoms with Crippen LogP contribution in [0.5, 0.6) is 0 Å². The van der Waals surface area contributed by atoms with Crippen molar-refractivity contribution in [2.75, 3.05) is 59.3 Å². The largest absolute Gasteiger partial charge is 0.322 e. The Kier molecular flexibility index (Phi) is 28.4. The number of carbonyl (C=O) groups excluding carboxylic acids is 5. The molecule has 0 aliphatic carbocycles. The number of anilines is 5. The number of hydrogen-bond donors (Lipinski definition) is 10. The van der Waals surface area contributed by atoms with Gasteiger partial charge in [0.05, 0.1) is 89.3 Å². The van der Waals surface area contributed by atoms with Crippen LogP contribution in [0.1, 0.15) is 67.4 Å².